The summed E-state index contributed by atoms with van der Waals surface area (Å²) in [5.74, 6) is 0.673. The predicted octanol–water partition coefficient (Wildman–Crippen LogP) is 0.181. The molecule has 2 atom stereocenters. The van der Waals surface area contributed by atoms with Gasteiger partial charge in [-0.15, -0.1) is 0 Å². The highest BCUT2D eigenvalue weighted by Crippen LogP contribution is 2.17. The molecule has 1 N–H and O–H groups in total. The zero-order valence-electron chi connectivity index (χ0n) is 11.7. The monoisotopic (exact) mass is 290 g/mol. The van der Waals surface area contributed by atoms with Crippen molar-refractivity contribution in [2.75, 3.05) is 26.3 Å². The maximum atomic E-state index is 12.1. The summed E-state index contributed by atoms with van der Waals surface area (Å²) in [4.78, 5) is 25.1. The van der Waals surface area contributed by atoms with E-state index in [1.54, 1.807) is 4.90 Å². The standard InChI is InChI=1S/C15H18N2O4/c18-14-10-21-13-9-17(8-12(13)16-14)15(19)6-7-20-11-4-2-1-3-5-11/h1-5,12-13H,6-10H2,(H,16,18)/t12-,13-/m0/s1. The molecule has 2 saturated heterocycles. The number of rotatable bonds is 4. The van der Waals surface area contributed by atoms with Crippen molar-refractivity contribution in [2.24, 2.45) is 0 Å². The van der Waals surface area contributed by atoms with Crippen LogP contribution in [0.15, 0.2) is 30.3 Å². The Kier molecular flexibility index (Phi) is 4.06. The van der Waals surface area contributed by atoms with Crippen LogP contribution in [0.4, 0.5) is 0 Å². The van der Waals surface area contributed by atoms with Crippen molar-refractivity contribution in [2.45, 2.75) is 18.6 Å². The van der Waals surface area contributed by atoms with Crippen LogP contribution < -0.4 is 10.1 Å². The fraction of sp³-hybridized carbons (Fsp3) is 0.467. The number of carbonyl (C=O) groups is 2. The first-order valence-corrected chi connectivity index (χ1v) is 7.09. The minimum atomic E-state index is -0.113. The van der Waals surface area contributed by atoms with Crippen LogP contribution in [0, 0.1) is 0 Å². The van der Waals surface area contributed by atoms with Gasteiger partial charge in [-0.2, -0.15) is 0 Å². The second kappa shape index (κ2) is 6.13. The van der Waals surface area contributed by atoms with Crippen LogP contribution in [-0.2, 0) is 14.3 Å². The molecule has 0 bridgehead atoms. The summed E-state index contributed by atoms with van der Waals surface area (Å²) in [5.41, 5.74) is 0. The van der Waals surface area contributed by atoms with Crippen molar-refractivity contribution >= 4 is 11.8 Å². The smallest absolute Gasteiger partial charge is 0.246 e. The molecule has 6 nitrogen and oxygen atoms in total. The van der Waals surface area contributed by atoms with E-state index in [-0.39, 0.29) is 30.6 Å². The van der Waals surface area contributed by atoms with Gasteiger partial charge in [-0.1, -0.05) is 18.2 Å². The van der Waals surface area contributed by atoms with Crippen molar-refractivity contribution in [3.63, 3.8) is 0 Å². The highest BCUT2D eigenvalue weighted by Gasteiger charge is 2.39. The molecular weight excluding hydrogens is 272 g/mol. The number of likely N-dealkylation sites (tertiary alicyclic amines) is 1. The van der Waals surface area contributed by atoms with E-state index in [2.05, 4.69) is 5.32 Å². The van der Waals surface area contributed by atoms with Crippen molar-refractivity contribution in [3.05, 3.63) is 30.3 Å². The molecule has 112 valence electrons. The van der Waals surface area contributed by atoms with Gasteiger partial charge in [0.15, 0.2) is 0 Å². The van der Waals surface area contributed by atoms with Gasteiger partial charge < -0.3 is 19.7 Å². The number of nitrogens with zero attached hydrogens (tertiary/aromatic N) is 1. The minimum absolute atomic E-state index is 0.0261. The van der Waals surface area contributed by atoms with E-state index in [0.717, 1.165) is 5.75 Å². The zero-order valence-corrected chi connectivity index (χ0v) is 11.7. The number of hydrogen-bond acceptors (Lipinski definition) is 4. The molecule has 0 aromatic heterocycles. The lowest BCUT2D eigenvalue weighted by molar-refractivity contribution is -0.134. The number of hydrogen-bond donors (Lipinski definition) is 1. The van der Waals surface area contributed by atoms with Gasteiger partial charge in [0.25, 0.3) is 0 Å². The quantitative estimate of drug-likeness (QED) is 0.859. The summed E-state index contributed by atoms with van der Waals surface area (Å²) in [7, 11) is 0. The van der Waals surface area contributed by atoms with E-state index < -0.39 is 0 Å². The Bertz CT molecular complexity index is 520. The number of amides is 2. The molecule has 2 aliphatic heterocycles. The van der Waals surface area contributed by atoms with Gasteiger partial charge in [-0.05, 0) is 12.1 Å². The highest BCUT2D eigenvalue weighted by atomic mass is 16.5. The Morgan fingerprint density at radius 3 is 2.95 bits per heavy atom. The molecule has 2 heterocycles. The van der Waals surface area contributed by atoms with Gasteiger partial charge in [0, 0.05) is 13.1 Å². The fourth-order valence-corrected chi connectivity index (χ4v) is 2.65. The van der Waals surface area contributed by atoms with Crippen LogP contribution in [0.25, 0.3) is 0 Å². The first-order chi connectivity index (χ1) is 10.2. The second-order valence-corrected chi connectivity index (χ2v) is 5.23. The molecule has 21 heavy (non-hydrogen) atoms. The van der Waals surface area contributed by atoms with Crippen LogP contribution in [0.5, 0.6) is 5.75 Å². The molecule has 6 heteroatoms. The third-order valence-electron chi connectivity index (χ3n) is 3.72. The Hall–Kier alpha value is -2.08. The summed E-state index contributed by atoms with van der Waals surface area (Å²) in [5, 5.41) is 2.86. The number of fused-ring (bicyclic) bond motifs is 1. The molecule has 3 rings (SSSR count). The summed E-state index contributed by atoms with van der Waals surface area (Å²) >= 11 is 0. The molecule has 0 saturated carbocycles. The van der Waals surface area contributed by atoms with Gasteiger partial charge in [0.05, 0.1) is 25.2 Å². The maximum Gasteiger partial charge on any atom is 0.246 e. The Morgan fingerprint density at radius 2 is 2.14 bits per heavy atom. The first-order valence-electron chi connectivity index (χ1n) is 7.09. The van der Waals surface area contributed by atoms with Crippen molar-refractivity contribution in [3.8, 4) is 5.75 Å². The lowest BCUT2D eigenvalue weighted by Gasteiger charge is -2.24. The summed E-state index contributed by atoms with van der Waals surface area (Å²) in [6.07, 6.45) is 0.240. The average molecular weight is 290 g/mol. The summed E-state index contributed by atoms with van der Waals surface area (Å²) in [6.45, 7) is 1.48. The SMILES string of the molecule is O=C1CO[C@H]2CN(C(=O)CCOc3ccccc3)C[C@@H]2N1. The predicted molar refractivity (Wildman–Crippen MR) is 74.8 cm³/mol. The van der Waals surface area contributed by atoms with Crippen molar-refractivity contribution in [1.29, 1.82) is 0 Å². The molecule has 0 spiro atoms. The largest absolute Gasteiger partial charge is 0.493 e. The lowest BCUT2D eigenvalue weighted by Crippen LogP contribution is -2.50. The third kappa shape index (κ3) is 3.33. The maximum absolute atomic E-state index is 12.1. The Labute approximate surface area is 123 Å². The van der Waals surface area contributed by atoms with E-state index in [0.29, 0.717) is 26.1 Å². The van der Waals surface area contributed by atoms with Crippen LogP contribution in [0.2, 0.25) is 0 Å². The van der Waals surface area contributed by atoms with E-state index in [9.17, 15) is 9.59 Å². The van der Waals surface area contributed by atoms with Gasteiger partial charge in [0.2, 0.25) is 11.8 Å². The van der Waals surface area contributed by atoms with Gasteiger partial charge in [-0.25, -0.2) is 0 Å². The third-order valence-corrected chi connectivity index (χ3v) is 3.72. The molecule has 2 amide bonds. The fourth-order valence-electron chi connectivity index (χ4n) is 2.65. The lowest BCUT2D eigenvalue weighted by atomic mass is 10.2. The van der Waals surface area contributed by atoms with Gasteiger partial charge in [-0.3, -0.25) is 9.59 Å². The van der Waals surface area contributed by atoms with E-state index in [1.807, 2.05) is 30.3 Å². The Balaban J connectivity index is 1.45. The van der Waals surface area contributed by atoms with Crippen molar-refractivity contribution in [1.82, 2.24) is 10.2 Å². The molecule has 0 unspecified atom stereocenters. The molecule has 2 fully saturated rings. The average Bonchev–Trinajstić information content (AvgIpc) is 2.91. The van der Waals surface area contributed by atoms with Crippen LogP contribution >= 0.6 is 0 Å². The molecule has 0 aliphatic carbocycles. The highest BCUT2D eigenvalue weighted by molar-refractivity contribution is 5.80. The zero-order chi connectivity index (χ0) is 14.7. The van der Waals surface area contributed by atoms with E-state index in [1.165, 1.54) is 0 Å². The number of nitrogens with one attached hydrogen (secondary N) is 1. The minimum Gasteiger partial charge on any atom is -0.493 e. The molecule has 2 aliphatic rings. The van der Waals surface area contributed by atoms with E-state index in [4.69, 9.17) is 9.47 Å². The second-order valence-electron chi connectivity index (χ2n) is 5.23. The van der Waals surface area contributed by atoms with Crippen LogP contribution in [0.3, 0.4) is 0 Å². The van der Waals surface area contributed by atoms with E-state index >= 15 is 0 Å². The number of carbonyl (C=O) groups excluding carboxylic acids is 2. The van der Waals surface area contributed by atoms with Crippen LogP contribution in [0.1, 0.15) is 6.42 Å². The molecule has 1 aromatic carbocycles. The number of benzene rings is 1. The normalized spacial score (nSPS) is 24.4. The molecule has 1 aromatic rings. The molecule has 0 radical (unpaired) electrons. The number of para-hydroxylation sites is 1. The number of morpholine rings is 1. The Morgan fingerprint density at radius 1 is 1.33 bits per heavy atom. The first kappa shape index (κ1) is 13.9. The number of ether oxygens (including phenoxy) is 2. The molecular formula is C15H18N2O4. The summed E-state index contributed by atoms with van der Waals surface area (Å²) in [6, 6.07) is 9.34. The van der Waals surface area contributed by atoms with Crippen LogP contribution in [-0.4, -0.2) is 55.2 Å². The van der Waals surface area contributed by atoms with Crippen molar-refractivity contribution < 1.29 is 19.1 Å². The van der Waals surface area contributed by atoms with Gasteiger partial charge in [0.1, 0.15) is 12.4 Å². The van der Waals surface area contributed by atoms with Gasteiger partial charge >= 0.3 is 0 Å². The summed E-state index contributed by atoms with van der Waals surface area (Å²) < 4.78 is 11.0. The topological polar surface area (TPSA) is 67.9 Å².